The molecule has 2 atom stereocenters. The van der Waals surface area contributed by atoms with Gasteiger partial charge in [-0.15, -0.1) is 0 Å². The molecule has 0 aromatic carbocycles. The van der Waals surface area contributed by atoms with Crippen LogP contribution in [0.1, 0.15) is 57.8 Å². The summed E-state index contributed by atoms with van der Waals surface area (Å²) in [6, 6.07) is 2.65. The molecule has 2 nitrogen and oxygen atoms in total. The highest BCUT2D eigenvalue weighted by Gasteiger charge is 2.33. The zero-order valence-corrected chi connectivity index (χ0v) is 11.3. The lowest BCUT2D eigenvalue weighted by Crippen LogP contribution is -2.39. The highest BCUT2D eigenvalue weighted by atomic mass is 15.1. The van der Waals surface area contributed by atoms with E-state index in [1.165, 1.54) is 64.3 Å². The van der Waals surface area contributed by atoms with Crippen LogP contribution >= 0.6 is 0 Å². The van der Waals surface area contributed by atoms with E-state index in [1.807, 2.05) is 0 Å². The van der Waals surface area contributed by atoms with Crippen molar-refractivity contribution >= 4 is 0 Å². The molecule has 1 saturated carbocycles. The van der Waals surface area contributed by atoms with Crippen LogP contribution in [-0.4, -0.2) is 36.6 Å². The average Bonchev–Trinajstić information content (AvgIpc) is 2.96. The van der Waals surface area contributed by atoms with Crippen LogP contribution in [0.15, 0.2) is 0 Å². The van der Waals surface area contributed by atoms with Crippen molar-refractivity contribution in [3.05, 3.63) is 0 Å². The standard InChI is InChI=1S/C15H28N2/c1-17(15-4-2-3-5-15)9-8-12-10-13-6-7-14(11-12)16-13/h12-16H,2-11H2,1H3. The van der Waals surface area contributed by atoms with Crippen molar-refractivity contribution in [2.24, 2.45) is 5.92 Å². The molecular formula is C15H28N2. The van der Waals surface area contributed by atoms with Crippen LogP contribution in [0.3, 0.4) is 0 Å². The fourth-order valence-electron chi connectivity index (χ4n) is 4.32. The van der Waals surface area contributed by atoms with E-state index in [9.17, 15) is 0 Å². The Morgan fingerprint density at radius 3 is 2.29 bits per heavy atom. The molecule has 0 aromatic heterocycles. The molecule has 2 unspecified atom stereocenters. The Labute approximate surface area is 106 Å². The molecule has 3 fully saturated rings. The molecule has 1 aliphatic carbocycles. The first-order valence-corrected chi connectivity index (χ1v) is 7.77. The van der Waals surface area contributed by atoms with E-state index in [2.05, 4.69) is 17.3 Å². The van der Waals surface area contributed by atoms with Gasteiger partial charge in [0.1, 0.15) is 0 Å². The number of hydrogen-bond acceptors (Lipinski definition) is 2. The van der Waals surface area contributed by atoms with Crippen molar-refractivity contribution < 1.29 is 0 Å². The van der Waals surface area contributed by atoms with Gasteiger partial charge in [0.05, 0.1) is 0 Å². The minimum Gasteiger partial charge on any atom is -0.311 e. The van der Waals surface area contributed by atoms with Gasteiger partial charge < -0.3 is 10.2 Å². The van der Waals surface area contributed by atoms with Crippen LogP contribution < -0.4 is 5.32 Å². The molecule has 3 rings (SSSR count). The first-order chi connectivity index (χ1) is 8.31. The molecule has 2 saturated heterocycles. The molecule has 0 aromatic rings. The Balaban J connectivity index is 1.41. The molecule has 2 heteroatoms. The minimum atomic E-state index is 0.871. The Kier molecular flexibility index (Phi) is 3.72. The Hall–Kier alpha value is -0.0800. The van der Waals surface area contributed by atoms with Gasteiger partial charge in [0.2, 0.25) is 0 Å². The number of hydrogen-bond donors (Lipinski definition) is 1. The maximum absolute atomic E-state index is 3.75. The maximum Gasteiger partial charge on any atom is 0.00922 e. The zero-order chi connectivity index (χ0) is 11.7. The van der Waals surface area contributed by atoms with E-state index in [4.69, 9.17) is 0 Å². The predicted molar refractivity (Wildman–Crippen MR) is 72.2 cm³/mol. The summed E-state index contributed by atoms with van der Waals surface area (Å²) in [6.07, 6.45) is 13.1. The van der Waals surface area contributed by atoms with E-state index >= 15 is 0 Å². The first-order valence-electron chi connectivity index (χ1n) is 7.77. The van der Waals surface area contributed by atoms with Gasteiger partial charge in [-0.1, -0.05) is 12.8 Å². The Morgan fingerprint density at radius 1 is 1.00 bits per heavy atom. The van der Waals surface area contributed by atoms with Crippen molar-refractivity contribution in [3.8, 4) is 0 Å². The summed E-state index contributed by atoms with van der Waals surface area (Å²) in [6.45, 7) is 1.34. The molecule has 2 heterocycles. The Morgan fingerprint density at radius 2 is 1.65 bits per heavy atom. The van der Waals surface area contributed by atoms with Gasteiger partial charge in [0, 0.05) is 18.1 Å². The molecule has 1 N–H and O–H groups in total. The minimum absolute atomic E-state index is 0.871. The highest BCUT2D eigenvalue weighted by molar-refractivity contribution is 4.92. The molecule has 0 spiro atoms. The van der Waals surface area contributed by atoms with Gasteiger partial charge in [-0.25, -0.2) is 0 Å². The second-order valence-electron chi connectivity index (χ2n) is 6.68. The molecule has 17 heavy (non-hydrogen) atoms. The normalized spacial score (nSPS) is 38.1. The third-order valence-corrected chi connectivity index (χ3v) is 5.41. The average molecular weight is 236 g/mol. The van der Waals surface area contributed by atoms with Crippen molar-refractivity contribution in [1.82, 2.24) is 10.2 Å². The van der Waals surface area contributed by atoms with Gasteiger partial charge >= 0.3 is 0 Å². The molecular weight excluding hydrogens is 208 g/mol. The number of rotatable bonds is 4. The van der Waals surface area contributed by atoms with Crippen molar-refractivity contribution in [2.75, 3.05) is 13.6 Å². The van der Waals surface area contributed by atoms with Crippen LogP contribution in [0.25, 0.3) is 0 Å². The summed E-state index contributed by atoms with van der Waals surface area (Å²) in [5.41, 5.74) is 0. The van der Waals surface area contributed by atoms with E-state index in [-0.39, 0.29) is 0 Å². The fraction of sp³-hybridized carbons (Fsp3) is 1.00. The third-order valence-electron chi connectivity index (χ3n) is 5.41. The number of fused-ring (bicyclic) bond motifs is 2. The van der Waals surface area contributed by atoms with Gasteiger partial charge in [-0.3, -0.25) is 0 Å². The SMILES string of the molecule is CN(CCC1CC2CCC(C1)N2)C1CCCC1. The summed E-state index contributed by atoms with van der Waals surface area (Å²) < 4.78 is 0. The lowest BCUT2D eigenvalue weighted by Gasteiger charge is -2.31. The number of nitrogens with zero attached hydrogens (tertiary/aromatic N) is 1. The quantitative estimate of drug-likeness (QED) is 0.807. The molecule has 0 amide bonds. The summed E-state index contributed by atoms with van der Waals surface area (Å²) in [4.78, 5) is 2.65. The Bertz CT molecular complexity index is 235. The topological polar surface area (TPSA) is 15.3 Å². The van der Waals surface area contributed by atoms with Crippen molar-refractivity contribution in [3.63, 3.8) is 0 Å². The zero-order valence-electron chi connectivity index (χ0n) is 11.3. The number of piperidine rings is 1. The summed E-state index contributed by atoms with van der Waals surface area (Å²) in [5.74, 6) is 1.01. The monoisotopic (exact) mass is 236 g/mol. The van der Waals surface area contributed by atoms with Crippen molar-refractivity contribution in [2.45, 2.75) is 75.9 Å². The van der Waals surface area contributed by atoms with Gasteiger partial charge in [0.15, 0.2) is 0 Å². The highest BCUT2D eigenvalue weighted by Crippen LogP contribution is 2.33. The molecule has 0 radical (unpaired) electrons. The van der Waals surface area contributed by atoms with Gasteiger partial charge in [0.25, 0.3) is 0 Å². The maximum atomic E-state index is 3.75. The third kappa shape index (κ3) is 2.85. The molecule has 2 aliphatic heterocycles. The summed E-state index contributed by atoms with van der Waals surface area (Å²) in [7, 11) is 2.35. The molecule has 3 aliphatic rings. The van der Waals surface area contributed by atoms with Crippen LogP contribution in [0.5, 0.6) is 0 Å². The summed E-state index contributed by atoms with van der Waals surface area (Å²) >= 11 is 0. The number of nitrogens with one attached hydrogen (secondary N) is 1. The predicted octanol–water partition coefficient (Wildman–Crippen LogP) is 2.78. The van der Waals surface area contributed by atoms with E-state index in [1.54, 1.807) is 0 Å². The fourth-order valence-corrected chi connectivity index (χ4v) is 4.32. The van der Waals surface area contributed by atoms with Gasteiger partial charge in [-0.2, -0.15) is 0 Å². The second kappa shape index (κ2) is 5.27. The summed E-state index contributed by atoms with van der Waals surface area (Å²) in [5, 5.41) is 3.75. The molecule has 2 bridgehead atoms. The van der Waals surface area contributed by atoms with E-state index in [0.29, 0.717) is 0 Å². The van der Waals surface area contributed by atoms with Crippen LogP contribution in [-0.2, 0) is 0 Å². The van der Waals surface area contributed by atoms with E-state index < -0.39 is 0 Å². The van der Waals surface area contributed by atoms with Crippen LogP contribution in [0.4, 0.5) is 0 Å². The smallest absolute Gasteiger partial charge is 0.00922 e. The second-order valence-corrected chi connectivity index (χ2v) is 6.68. The largest absolute Gasteiger partial charge is 0.311 e. The first kappa shape index (κ1) is 12.0. The lowest BCUT2D eigenvalue weighted by molar-refractivity contribution is 0.203. The lowest BCUT2D eigenvalue weighted by atomic mass is 9.89. The van der Waals surface area contributed by atoms with Crippen LogP contribution in [0, 0.1) is 5.92 Å². The van der Waals surface area contributed by atoms with E-state index in [0.717, 1.165) is 24.0 Å². The molecule has 98 valence electrons. The van der Waals surface area contributed by atoms with Crippen LogP contribution in [0.2, 0.25) is 0 Å². The van der Waals surface area contributed by atoms with Gasteiger partial charge in [-0.05, 0) is 64.5 Å². The van der Waals surface area contributed by atoms with Crippen molar-refractivity contribution in [1.29, 1.82) is 0 Å².